The lowest BCUT2D eigenvalue weighted by molar-refractivity contribution is -0.135. The minimum Gasteiger partial charge on any atom is -0.336 e. The van der Waals surface area contributed by atoms with E-state index in [1.165, 1.54) is 11.1 Å². The van der Waals surface area contributed by atoms with Gasteiger partial charge in [0.2, 0.25) is 5.91 Å². The molecule has 0 saturated carbocycles. The first-order valence-corrected chi connectivity index (χ1v) is 16.2. The Morgan fingerprint density at radius 3 is 2.26 bits per heavy atom. The minimum atomic E-state index is -0.308. The number of amides is 3. The highest BCUT2D eigenvalue weighted by Crippen LogP contribution is 2.40. The Kier molecular flexibility index (Phi) is 8.14. The van der Waals surface area contributed by atoms with Gasteiger partial charge in [0.25, 0.3) is 0 Å². The molecule has 2 bridgehead atoms. The fourth-order valence-corrected chi connectivity index (χ4v) is 7.25. The molecular weight excluding hydrogens is 554 g/mol. The first-order chi connectivity index (χ1) is 20.6. The summed E-state index contributed by atoms with van der Waals surface area (Å²) < 4.78 is 1.79. The summed E-state index contributed by atoms with van der Waals surface area (Å²) in [6.45, 7) is 8.38. The summed E-state index contributed by atoms with van der Waals surface area (Å²) in [6.07, 6.45) is 5.90. The van der Waals surface area contributed by atoms with Crippen LogP contribution in [0, 0.1) is 12.8 Å². The number of rotatable bonds is 7. The van der Waals surface area contributed by atoms with E-state index in [4.69, 9.17) is 5.10 Å². The van der Waals surface area contributed by atoms with Crippen molar-refractivity contribution < 1.29 is 9.59 Å². The molecule has 2 aliphatic heterocycles. The van der Waals surface area contributed by atoms with Crippen LogP contribution in [0.4, 0.5) is 16.3 Å². The van der Waals surface area contributed by atoms with Crippen molar-refractivity contribution in [3.05, 3.63) is 93.8 Å². The van der Waals surface area contributed by atoms with Crippen LogP contribution in [-0.4, -0.2) is 38.7 Å². The van der Waals surface area contributed by atoms with Crippen molar-refractivity contribution in [2.45, 2.75) is 83.7 Å². The van der Waals surface area contributed by atoms with E-state index in [0.717, 1.165) is 54.7 Å². The van der Waals surface area contributed by atoms with E-state index in [2.05, 4.69) is 66.8 Å². The number of aryl methyl sites for hydroxylation is 1. The molecule has 7 nitrogen and oxygen atoms in total. The number of nitrogens with zero attached hydrogens (tertiary/aromatic N) is 3. The maximum absolute atomic E-state index is 13.1. The molecule has 4 heterocycles. The number of benzene rings is 2. The number of thiophene rings is 1. The van der Waals surface area contributed by atoms with Gasteiger partial charge in [-0.1, -0.05) is 50.6 Å². The van der Waals surface area contributed by atoms with Gasteiger partial charge in [-0.25, -0.2) is 9.48 Å². The van der Waals surface area contributed by atoms with Gasteiger partial charge >= 0.3 is 6.03 Å². The first kappa shape index (κ1) is 29.2. The number of hydrogen-bond acceptors (Lipinski definition) is 4. The van der Waals surface area contributed by atoms with Crippen molar-refractivity contribution in [2.24, 2.45) is 5.92 Å². The zero-order valence-corrected chi connectivity index (χ0v) is 26.3. The average Bonchev–Trinajstić information content (AvgIpc) is 3.69. The van der Waals surface area contributed by atoms with Crippen LogP contribution in [0.15, 0.2) is 71.4 Å². The molecular formula is C35H41N5O2S. The number of aromatic nitrogens is 2. The number of nitrogens with one attached hydrogen (secondary N) is 2. The predicted octanol–water partition coefficient (Wildman–Crippen LogP) is 7.74. The normalized spacial score (nSPS) is 19.8. The predicted molar refractivity (Wildman–Crippen MR) is 174 cm³/mol. The Balaban J connectivity index is 1.06. The first-order valence-electron chi connectivity index (χ1n) is 15.3. The third-order valence-corrected chi connectivity index (χ3v) is 9.52. The molecule has 2 atom stereocenters. The molecule has 224 valence electrons. The Bertz CT molecular complexity index is 1550. The second kappa shape index (κ2) is 12.0. The highest BCUT2D eigenvalue weighted by Gasteiger charge is 2.42. The summed E-state index contributed by atoms with van der Waals surface area (Å²) in [5.41, 5.74) is 5.94. The van der Waals surface area contributed by atoms with E-state index >= 15 is 0 Å². The van der Waals surface area contributed by atoms with Crippen molar-refractivity contribution in [1.82, 2.24) is 14.7 Å². The van der Waals surface area contributed by atoms with Crippen LogP contribution >= 0.6 is 11.3 Å². The Labute approximate surface area is 258 Å². The third kappa shape index (κ3) is 6.69. The quantitative estimate of drug-likeness (QED) is 0.229. The summed E-state index contributed by atoms with van der Waals surface area (Å²) >= 11 is 1.65. The fraction of sp³-hybridized carbons (Fsp3) is 0.400. The summed E-state index contributed by atoms with van der Waals surface area (Å²) in [4.78, 5) is 28.3. The summed E-state index contributed by atoms with van der Waals surface area (Å²) in [6, 6.07) is 20.7. The lowest BCUT2D eigenvalue weighted by atomic mass is 9.85. The molecule has 6 rings (SSSR count). The van der Waals surface area contributed by atoms with Crippen LogP contribution in [0.1, 0.15) is 68.8 Å². The van der Waals surface area contributed by atoms with Gasteiger partial charge in [-0.3, -0.25) is 10.1 Å². The molecule has 2 aromatic carbocycles. The van der Waals surface area contributed by atoms with Gasteiger partial charge in [0, 0.05) is 29.3 Å². The van der Waals surface area contributed by atoms with Crippen molar-refractivity contribution >= 4 is 34.8 Å². The number of urea groups is 1. The molecule has 2 unspecified atom stereocenters. The smallest absolute Gasteiger partial charge is 0.324 e. The summed E-state index contributed by atoms with van der Waals surface area (Å²) in [5.74, 6) is 1.48. The van der Waals surface area contributed by atoms with Crippen molar-refractivity contribution in [2.75, 3.05) is 10.6 Å². The van der Waals surface area contributed by atoms with Crippen LogP contribution in [0.5, 0.6) is 0 Å². The van der Waals surface area contributed by atoms with Gasteiger partial charge in [0.1, 0.15) is 5.82 Å². The fourth-order valence-electron chi connectivity index (χ4n) is 6.58. The molecule has 43 heavy (non-hydrogen) atoms. The van der Waals surface area contributed by atoms with Gasteiger partial charge in [0.05, 0.1) is 17.8 Å². The van der Waals surface area contributed by atoms with Gasteiger partial charge in [0.15, 0.2) is 0 Å². The second-order valence-electron chi connectivity index (χ2n) is 13.2. The van der Waals surface area contributed by atoms with E-state index in [1.54, 1.807) is 16.0 Å². The number of carbonyl (C=O) groups excluding carboxylic acids is 2. The van der Waals surface area contributed by atoms with Gasteiger partial charge in [-0.2, -0.15) is 16.4 Å². The molecule has 2 N–H and O–H groups in total. The summed E-state index contributed by atoms with van der Waals surface area (Å²) in [5, 5.41) is 14.9. The molecule has 2 fully saturated rings. The average molecular weight is 596 g/mol. The molecule has 8 heteroatoms. The number of piperidine rings is 1. The monoisotopic (exact) mass is 595 g/mol. The lowest BCUT2D eigenvalue weighted by Gasteiger charge is -2.39. The second-order valence-corrected chi connectivity index (χ2v) is 14.0. The maximum Gasteiger partial charge on any atom is 0.324 e. The van der Waals surface area contributed by atoms with Gasteiger partial charge in [-0.05, 0) is 97.2 Å². The Morgan fingerprint density at radius 1 is 0.930 bits per heavy atom. The molecule has 0 spiro atoms. The molecule has 4 aromatic rings. The Hall–Kier alpha value is -3.91. The highest BCUT2D eigenvalue weighted by atomic mass is 32.1. The van der Waals surface area contributed by atoms with Gasteiger partial charge < -0.3 is 10.2 Å². The molecule has 0 radical (unpaired) electrons. The van der Waals surface area contributed by atoms with Crippen LogP contribution in [0.25, 0.3) is 5.69 Å². The number of carbonyl (C=O) groups is 2. The molecule has 2 aromatic heterocycles. The van der Waals surface area contributed by atoms with Crippen molar-refractivity contribution in [3.8, 4) is 5.69 Å². The topological polar surface area (TPSA) is 79.3 Å². The number of hydrogen-bond donors (Lipinski definition) is 2. The van der Waals surface area contributed by atoms with E-state index in [-0.39, 0.29) is 17.4 Å². The lowest BCUT2D eigenvalue weighted by Crippen LogP contribution is -2.47. The number of fused-ring (bicyclic) bond motifs is 2. The van der Waals surface area contributed by atoms with E-state index in [9.17, 15) is 9.59 Å². The SMILES string of the molecule is Cc1ccc(-n2nc(C(C)(C)C)cc2NC(=O)Nc2ccc(CC3CC4CCC(C3)N4C(=O)Cc3ccsc3)cc2)cc1. The van der Waals surface area contributed by atoms with Crippen molar-refractivity contribution in [3.63, 3.8) is 0 Å². The summed E-state index contributed by atoms with van der Waals surface area (Å²) in [7, 11) is 0. The molecule has 0 aliphatic carbocycles. The molecule has 2 aliphatic rings. The van der Waals surface area contributed by atoms with Crippen molar-refractivity contribution in [1.29, 1.82) is 0 Å². The zero-order valence-electron chi connectivity index (χ0n) is 25.5. The van der Waals surface area contributed by atoms with Gasteiger partial charge in [-0.15, -0.1) is 0 Å². The minimum absolute atomic E-state index is 0.158. The van der Waals surface area contributed by atoms with E-state index in [0.29, 0.717) is 30.2 Å². The van der Waals surface area contributed by atoms with E-state index in [1.807, 2.05) is 47.8 Å². The number of anilines is 2. The Morgan fingerprint density at radius 2 is 1.63 bits per heavy atom. The third-order valence-electron chi connectivity index (χ3n) is 8.79. The molecule has 2 saturated heterocycles. The van der Waals surface area contributed by atoms with Crippen LogP contribution in [-0.2, 0) is 23.1 Å². The highest BCUT2D eigenvalue weighted by molar-refractivity contribution is 7.08. The standard InChI is InChI=1S/C35H41N5O2S/c1-23-5-11-28(12-6-23)40-32(21-31(38-40)35(2,3)4)37-34(42)36-27-9-7-24(8-10-27)17-26-18-29-13-14-30(19-26)39(29)33(41)20-25-15-16-43-22-25/h5-12,15-16,21-22,26,29-30H,13-14,17-20H2,1-4H3,(H2,36,37,42). The van der Waals surface area contributed by atoms with Crippen LogP contribution in [0.3, 0.4) is 0 Å². The van der Waals surface area contributed by atoms with Crippen LogP contribution < -0.4 is 10.6 Å². The van der Waals surface area contributed by atoms with E-state index < -0.39 is 0 Å². The van der Waals surface area contributed by atoms with Crippen LogP contribution in [0.2, 0.25) is 0 Å². The zero-order chi connectivity index (χ0) is 30.1. The largest absolute Gasteiger partial charge is 0.336 e. The maximum atomic E-state index is 13.1. The molecule has 3 amide bonds.